The highest BCUT2D eigenvalue weighted by atomic mass is 16.5. The Hall–Kier alpha value is -1.97. The fraction of sp³-hybridized carbons (Fsp3) is 0.182. The molecule has 78 valence electrons. The predicted molar refractivity (Wildman–Crippen MR) is 58.6 cm³/mol. The minimum atomic E-state index is 0.537. The van der Waals surface area contributed by atoms with Crippen molar-refractivity contribution in [3.8, 4) is 5.75 Å². The fourth-order valence-corrected chi connectivity index (χ4v) is 1.29. The Labute approximate surface area is 88.3 Å². The topological polar surface area (TPSA) is 53.1 Å². The van der Waals surface area contributed by atoms with Crippen molar-refractivity contribution in [3.63, 3.8) is 0 Å². The summed E-state index contributed by atoms with van der Waals surface area (Å²) < 4.78 is 7.43. The first kappa shape index (κ1) is 9.58. The normalized spacial score (nSPS) is 10.1. The molecule has 0 bridgehead atoms. The van der Waals surface area contributed by atoms with E-state index in [9.17, 15) is 0 Å². The molecule has 15 heavy (non-hydrogen) atoms. The minimum Gasteiger partial charge on any atom is -0.492 e. The number of aromatic nitrogens is 2. The Morgan fingerprint density at radius 3 is 2.73 bits per heavy atom. The van der Waals surface area contributed by atoms with E-state index in [0.29, 0.717) is 12.4 Å². The lowest BCUT2D eigenvalue weighted by atomic mass is 10.3. The summed E-state index contributed by atoms with van der Waals surface area (Å²) in [5, 5.41) is 0. The number of para-hydroxylation sites is 1. The van der Waals surface area contributed by atoms with Gasteiger partial charge in [0.15, 0.2) is 0 Å². The summed E-state index contributed by atoms with van der Waals surface area (Å²) in [6.45, 7) is 1.36. The van der Waals surface area contributed by atoms with E-state index in [0.717, 1.165) is 12.3 Å². The van der Waals surface area contributed by atoms with Crippen molar-refractivity contribution in [1.82, 2.24) is 9.55 Å². The fourth-order valence-electron chi connectivity index (χ4n) is 1.29. The second-order valence-electron chi connectivity index (χ2n) is 3.20. The van der Waals surface area contributed by atoms with Crippen LogP contribution < -0.4 is 10.5 Å². The summed E-state index contributed by atoms with van der Waals surface area (Å²) in [4.78, 5) is 3.93. The van der Waals surface area contributed by atoms with Crippen LogP contribution in [0.5, 0.6) is 5.75 Å². The highest BCUT2D eigenvalue weighted by Crippen LogP contribution is 2.08. The van der Waals surface area contributed by atoms with Crippen LogP contribution in [0.25, 0.3) is 0 Å². The van der Waals surface area contributed by atoms with E-state index in [4.69, 9.17) is 10.5 Å². The number of imidazole rings is 1. The van der Waals surface area contributed by atoms with Crippen LogP contribution in [0.3, 0.4) is 0 Å². The van der Waals surface area contributed by atoms with Gasteiger partial charge in [0.05, 0.1) is 12.9 Å². The molecule has 0 unspecified atom stereocenters. The first-order valence-electron chi connectivity index (χ1n) is 4.80. The summed E-state index contributed by atoms with van der Waals surface area (Å²) in [5.41, 5.74) is 5.49. The van der Waals surface area contributed by atoms with Gasteiger partial charge in [0.1, 0.15) is 18.2 Å². The number of ether oxygens (including phenoxy) is 1. The second kappa shape index (κ2) is 4.50. The molecule has 4 heteroatoms. The molecule has 0 radical (unpaired) electrons. The van der Waals surface area contributed by atoms with Gasteiger partial charge in [0.25, 0.3) is 0 Å². The van der Waals surface area contributed by atoms with Gasteiger partial charge in [-0.1, -0.05) is 18.2 Å². The van der Waals surface area contributed by atoms with Crippen molar-refractivity contribution in [2.75, 3.05) is 12.3 Å². The summed E-state index contributed by atoms with van der Waals surface area (Å²) >= 11 is 0. The van der Waals surface area contributed by atoms with E-state index in [-0.39, 0.29) is 0 Å². The second-order valence-corrected chi connectivity index (χ2v) is 3.20. The van der Waals surface area contributed by atoms with Gasteiger partial charge in [-0.15, -0.1) is 0 Å². The van der Waals surface area contributed by atoms with Crippen LogP contribution >= 0.6 is 0 Å². The molecule has 1 aromatic carbocycles. The van der Waals surface area contributed by atoms with E-state index >= 15 is 0 Å². The summed E-state index contributed by atoms with van der Waals surface area (Å²) in [6.07, 6.45) is 3.48. The first-order valence-corrected chi connectivity index (χ1v) is 4.80. The standard InChI is InChI=1S/C11H13N3O/c12-11-8-14(9-13-11)6-7-15-10-4-2-1-3-5-10/h1-5,8-9H,6-7,12H2. The van der Waals surface area contributed by atoms with Crippen LogP contribution in [0.4, 0.5) is 5.82 Å². The third-order valence-electron chi connectivity index (χ3n) is 2.01. The molecule has 0 aliphatic rings. The van der Waals surface area contributed by atoms with E-state index in [1.165, 1.54) is 0 Å². The van der Waals surface area contributed by atoms with E-state index in [2.05, 4.69) is 4.98 Å². The molecular formula is C11H13N3O. The molecule has 0 aliphatic carbocycles. The lowest BCUT2D eigenvalue weighted by Crippen LogP contribution is -2.06. The van der Waals surface area contributed by atoms with Crippen molar-refractivity contribution >= 4 is 5.82 Å². The number of nitrogen functional groups attached to an aromatic ring is 1. The highest BCUT2D eigenvalue weighted by Gasteiger charge is 1.95. The van der Waals surface area contributed by atoms with Crippen LogP contribution in [0.1, 0.15) is 0 Å². The third-order valence-corrected chi connectivity index (χ3v) is 2.01. The van der Waals surface area contributed by atoms with Crippen molar-refractivity contribution < 1.29 is 4.74 Å². The molecule has 2 rings (SSSR count). The molecule has 2 aromatic rings. The van der Waals surface area contributed by atoms with Gasteiger partial charge in [-0.25, -0.2) is 4.98 Å². The molecule has 0 spiro atoms. The molecule has 1 heterocycles. The van der Waals surface area contributed by atoms with Crippen LogP contribution in [-0.2, 0) is 6.54 Å². The third kappa shape index (κ3) is 2.74. The summed E-state index contributed by atoms with van der Waals surface area (Å²) in [6, 6.07) is 9.73. The molecular weight excluding hydrogens is 190 g/mol. The summed E-state index contributed by atoms with van der Waals surface area (Å²) in [7, 11) is 0. The maximum absolute atomic E-state index is 5.53. The van der Waals surface area contributed by atoms with Gasteiger partial charge in [-0.2, -0.15) is 0 Å². The number of rotatable bonds is 4. The zero-order valence-corrected chi connectivity index (χ0v) is 8.34. The van der Waals surface area contributed by atoms with Gasteiger partial charge < -0.3 is 15.0 Å². The summed E-state index contributed by atoms with van der Waals surface area (Å²) in [5.74, 6) is 1.42. The minimum absolute atomic E-state index is 0.537. The van der Waals surface area contributed by atoms with Crippen LogP contribution in [0.2, 0.25) is 0 Å². The molecule has 0 atom stereocenters. The Morgan fingerprint density at radius 1 is 1.27 bits per heavy atom. The maximum Gasteiger partial charge on any atom is 0.141 e. The van der Waals surface area contributed by atoms with Gasteiger partial charge in [0.2, 0.25) is 0 Å². The molecule has 4 nitrogen and oxygen atoms in total. The number of anilines is 1. The zero-order valence-electron chi connectivity index (χ0n) is 8.34. The van der Waals surface area contributed by atoms with Crippen molar-refractivity contribution in [2.24, 2.45) is 0 Å². The Morgan fingerprint density at radius 2 is 2.07 bits per heavy atom. The first-order chi connectivity index (χ1) is 7.34. The quantitative estimate of drug-likeness (QED) is 0.820. The Balaban J connectivity index is 1.80. The predicted octanol–water partition coefficient (Wildman–Crippen LogP) is 1.54. The molecule has 0 fully saturated rings. The van der Waals surface area contributed by atoms with Crippen LogP contribution in [-0.4, -0.2) is 16.2 Å². The SMILES string of the molecule is Nc1cn(CCOc2ccccc2)cn1. The Kier molecular flexibility index (Phi) is 2.88. The number of nitrogens with zero attached hydrogens (tertiary/aromatic N) is 2. The number of hydrogen-bond acceptors (Lipinski definition) is 3. The maximum atomic E-state index is 5.53. The van der Waals surface area contributed by atoms with Gasteiger partial charge in [0, 0.05) is 6.20 Å². The molecule has 0 amide bonds. The van der Waals surface area contributed by atoms with Gasteiger partial charge >= 0.3 is 0 Å². The molecule has 2 N–H and O–H groups in total. The van der Waals surface area contributed by atoms with Crippen molar-refractivity contribution in [1.29, 1.82) is 0 Å². The monoisotopic (exact) mass is 203 g/mol. The van der Waals surface area contributed by atoms with Crippen LogP contribution in [0, 0.1) is 0 Å². The van der Waals surface area contributed by atoms with E-state index < -0.39 is 0 Å². The zero-order chi connectivity index (χ0) is 10.5. The van der Waals surface area contributed by atoms with E-state index in [1.807, 2.05) is 34.9 Å². The highest BCUT2D eigenvalue weighted by molar-refractivity contribution is 5.22. The number of hydrogen-bond donors (Lipinski definition) is 1. The average molecular weight is 203 g/mol. The average Bonchev–Trinajstić information content (AvgIpc) is 2.66. The smallest absolute Gasteiger partial charge is 0.141 e. The molecule has 0 aliphatic heterocycles. The van der Waals surface area contributed by atoms with Gasteiger partial charge in [-0.05, 0) is 12.1 Å². The van der Waals surface area contributed by atoms with E-state index in [1.54, 1.807) is 12.5 Å². The van der Waals surface area contributed by atoms with Crippen LogP contribution in [0.15, 0.2) is 42.9 Å². The lowest BCUT2D eigenvalue weighted by Gasteiger charge is -2.05. The van der Waals surface area contributed by atoms with Gasteiger partial charge in [-0.3, -0.25) is 0 Å². The number of nitrogens with two attached hydrogens (primary N) is 1. The molecule has 1 aromatic heterocycles. The number of benzene rings is 1. The lowest BCUT2D eigenvalue weighted by molar-refractivity contribution is 0.298. The largest absolute Gasteiger partial charge is 0.492 e. The molecule has 0 saturated carbocycles. The van der Waals surface area contributed by atoms with Crippen molar-refractivity contribution in [3.05, 3.63) is 42.9 Å². The van der Waals surface area contributed by atoms with Crippen molar-refractivity contribution in [2.45, 2.75) is 6.54 Å². The Bertz CT molecular complexity index is 411. The molecule has 0 saturated heterocycles.